The van der Waals surface area contributed by atoms with E-state index in [0.29, 0.717) is 28.6 Å². The predicted octanol–water partition coefficient (Wildman–Crippen LogP) is 2.89. The first-order valence-electron chi connectivity index (χ1n) is 5.34. The summed E-state index contributed by atoms with van der Waals surface area (Å²) < 4.78 is 4.63. The highest BCUT2D eigenvalue weighted by atomic mass is 35.5. The van der Waals surface area contributed by atoms with E-state index in [-0.39, 0.29) is 0 Å². The number of nitrogens with one attached hydrogen (secondary N) is 1. The van der Waals surface area contributed by atoms with Crippen molar-refractivity contribution in [2.75, 3.05) is 12.4 Å². The van der Waals surface area contributed by atoms with Crippen LogP contribution in [0.4, 0.5) is 5.69 Å². The Balaban J connectivity index is 2.15. The van der Waals surface area contributed by atoms with Crippen LogP contribution in [0.2, 0.25) is 10.0 Å². The summed E-state index contributed by atoms with van der Waals surface area (Å²) >= 11 is 11.7. The first-order chi connectivity index (χ1) is 8.49. The molecule has 0 aromatic heterocycles. The van der Waals surface area contributed by atoms with Crippen molar-refractivity contribution < 1.29 is 14.3 Å². The second kappa shape index (κ2) is 4.78. The van der Waals surface area contributed by atoms with E-state index >= 15 is 0 Å². The molecule has 0 unspecified atom stereocenters. The monoisotopic (exact) mass is 287 g/mol. The summed E-state index contributed by atoms with van der Waals surface area (Å²) in [7, 11) is 1.27. The number of methoxy groups -OCH3 is 1. The van der Waals surface area contributed by atoms with Gasteiger partial charge in [0.1, 0.15) is 5.41 Å². The molecule has 4 nitrogen and oxygen atoms in total. The second-order valence-electron chi connectivity index (χ2n) is 4.15. The zero-order valence-corrected chi connectivity index (χ0v) is 11.1. The lowest BCUT2D eigenvalue weighted by atomic mass is 10.1. The number of hydrogen-bond acceptors (Lipinski definition) is 3. The fourth-order valence-electron chi connectivity index (χ4n) is 1.68. The van der Waals surface area contributed by atoms with Crippen LogP contribution in [-0.2, 0) is 14.3 Å². The minimum absolute atomic E-state index is 0.330. The Morgan fingerprint density at radius 2 is 2.00 bits per heavy atom. The van der Waals surface area contributed by atoms with Crippen LogP contribution in [0.1, 0.15) is 12.8 Å². The van der Waals surface area contributed by atoms with E-state index in [1.807, 2.05) is 0 Å². The van der Waals surface area contributed by atoms with Crippen LogP contribution in [0.3, 0.4) is 0 Å². The predicted molar refractivity (Wildman–Crippen MR) is 68.8 cm³/mol. The Kier molecular flexibility index (Phi) is 3.50. The third kappa shape index (κ3) is 2.31. The van der Waals surface area contributed by atoms with Gasteiger partial charge in [-0.25, -0.2) is 0 Å². The van der Waals surface area contributed by atoms with Crippen LogP contribution in [0.5, 0.6) is 0 Å². The van der Waals surface area contributed by atoms with Crippen molar-refractivity contribution in [3.05, 3.63) is 28.2 Å². The molecule has 1 aromatic rings. The highest BCUT2D eigenvalue weighted by molar-refractivity contribution is 6.36. The molecule has 1 amide bonds. The van der Waals surface area contributed by atoms with E-state index in [1.54, 1.807) is 12.1 Å². The number of carbonyl (C=O) groups is 2. The van der Waals surface area contributed by atoms with Gasteiger partial charge in [0.05, 0.1) is 17.8 Å². The molecule has 18 heavy (non-hydrogen) atoms. The van der Waals surface area contributed by atoms with E-state index in [1.165, 1.54) is 13.2 Å². The molecule has 0 aliphatic heterocycles. The van der Waals surface area contributed by atoms with Crippen LogP contribution >= 0.6 is 23.2 Å². The average molecular weight is 288 g/mol. The lowest BCUT2D eigenvalue weighted by molar-refractivity contribution is -0.150. The highest BCUT2D eigenvalue weighted by Crippen LogP contribution is 2.47. The number of hydrogen-bond donors (Lipinski definition) is 1. The maximum Gasteiger partial charge on any atom is 0.321 e. The molecule has 0 radical (unpaired) electrons. The second-order valence-corrected chi connectivity index (χ2v) is 5.00. The van der Waals surface area contributed by atoms with Gasteiger partial charge >= 0.3 is 5.97 Å². The fraction of sp³-hybridized carbons (Fsp3) is 0.333. The molecule has 1 saturated carbocycles. The van der Waals surface area contributed by atoms with Gasteiger partial charge in [0.2, 0.25) is 5.91 Å². The van der Waals surface area contributed by atoms with Gasteiger partial charge in [-0.05, 0) is 31.0 Å². The third-order valence-electron chi connectivity index (χ3n) is 2.94. The van der Waals surface area contributed by atoms with E-state index in [2.05, 4.69) is 10.1 Å². The van der Waals surface area contributed by atoms with Gasteiger partial charge in [-0.2, -0.15) is 0 Å². The van der Waals surface area contributed by atoms with Crippen molar-refractivity contribution in [3.63, 3.8) is 0 Å². The summed E-state index contributed by atoms with van der Waals surface area (Å²) in [6.45, 7) is 0. The van der Waals surface area contributed by atoms with Crippen molar-refractivity contribution in [2.45, 2.75) is 12.8 Å². The first kappa shape index (κ1) is 13.2. The molecule has 0 bridgehead atoms. The molecule has 96 valence electrons. The Morgan fingerprint density at radius 3 is 2.50 bits per heavy atom. The molecular weight excluding hydrogens is 277 g/mol. The van der Waals surface area contributed by atoms with Crippen molar-refractivity contribution in [1.29, 1.82) is 0 Å². The minimum Gasteiger partial charge on any atom is -0.468 e. The largest absolute Gasteiger partial charge is 0.468 e. The number of carbonyl (C=O) groups excluding carboxylic acids is 2. The first-order valence-corrected chi connectivity index (χ1v) is 6.10. The number of halogens is 2. The lowest BCUT2D eigenvalue weighted by Gasteiger charge is -2.13. The number of ether oxygens (including phenoxy) is 1. The topological polar surface area (TPSA) is 55.4 Å². The minimum atomic E-state index is -1.04. The molecular formula is C12H11Cl2NO3. The number of amides is 1. The van der Waals surface area contributed by atoms with Crippen LogP contribution in [0.25, 0.3) is 0 Å². The summed E-state index contributed by atoms with van der Waals surface area (Å²) in [6.07, 6.45) is 0.993. The fourth-order valence-corrected chi connectivity index (χ4v) is 2.13. The van der Waals surface area contributed by atoms with Gasteiger partial charge in [-0.3, -0.25) is 9.59 Å². The van der Waals surface area contributed by atoms with Crippen molar-refractivity contribution >= 4 is 40.8 Å². The smallest absolute Gasteiger partial charge is 0.321 e. The zero-order chi connectivity index (χ0) is 13.3. The van der Waals surface area contributed by atoms with Gasteiger partial charge < -0.3 is 10.1 Å². The van der Waals surface area contributed by atoms with E-state index < -0.39 is 17.3 Å². The van der Waals surface area contributed by atoms with Crippen molar-refractivity contribution in [3.8, 4) is 0 Å². The highest BCUT2D eigenvalue weighted by Gasteiger charge is 2.57. The quantitative estimate of drug-likeness (QED) is 0.687. The molecule has 0 atom stereocenters. The Hall–Kier alpha value is -1.26. The number of benzene rings is 1. The van der Waals surface area contributed by atoms with Crippen molar-refractivity contribution in [2.24, 2.45) is 5.41 Å². The maximum absolute atomic E-state index is 12.0. The molecule has 0 heterocycles. The number of esters is 1. The normalized spacial score (nSPS) is 15.9. The summed E-state index contributed by atoms with van der Waals surface area (Å²) in [5.74, 6) is -0.899. The summed E-state index contributed by atoms with van der Waals surface area (Å²) in [6, 6.07) is 4.73. The average Bonchev–Trinajstić information content (AvgIpc) is 3.13. The van der Waals surface area contributed by atoms with Crippen LogP contribution in [0, 0.1) is 5.41 Å². The van der Waals surface area contributed by atoms with Crippen LogP contribution in [0.15, 0.2) is 18.2 Å². The molecule has 1 N–H and O–H groups in total. The molecule has 6 heteroatoms. The molecule has 1 aromatic carbocycles. The SMILES string of the molecule is COC(=O)C1(C(=O)Nc2ccc(Cl)cc2Cl)CC1. The molecule has 1 fully saturated rings. The van der Waals surface area contributed by atoms with Gasteiger partial charge in [0.15, 0.2) is 0 Å². The van der Waals surface area contributed by atoms with Gasteiger partial charge in [-0.1, -0.05) is 23.2 Å². The Labute approximate surface area is 114 Å². The molecule has 1 aliphatic rings. The third-order valence-corrected chi connectivity index (χ3v) is 3.49. The Morgan fingerprint density at radius 1 is 1.33 bits per heavy atom. The number of rotatable bonds is 3. The standard InChI is InChI=1S/C12H11Cl2NO3/c1-18-11(17)12(4-5-12)10(16)15-9-3-2-7(13)6-8(9)14/h2-3,6H,4-5H2,1H3,(H,15,16). The molecule has 0 spiro atoms. The van der Waals surface area contributed by atoms with Crippen LogP contribution < -0.4 is 5.32 Å². The number of anilines is 1. The summed E-state index contributed by atoms with van der Waals surface area (Å²) in [5, 5.41) is 3.43. The van der Waals surface area contributed by atoms with E-state index in [4.69, 9.17) is 23.2 Å². The maximum atomic E-state index is 12.0. The van der Waals surface area contributed by atoms with Gasteiger partial charge in [0.25, 0.3) is 0 Å². The van der Waals surface area contributed by atoms with Gasteiger partial charge in [0, 0.05) is 5.02 Å². The van der Waals surface area contributed by atoms with E-state index in [9.17, 15) is 9.59 Å². The molecule has 2 rings (SSSR count). The zero-order valence-electron chi connectivity index (χ0n) is 9.63. The Bertz CT molecular complexity index is 512. The van der Waals surface area contributed by atoms with Gasteiger partial charge in [-0.15, -0.1) is 0 Å². The molecule has 1 aliphatic carbocycles. The summed E-state index contributed by atoms with van der Waals surface area (Å²) in [4.78, 5) is 23.6. The summed E-state index contributed by atoms with van der Waals surface area (Å²) in [5.41, 5.74) is -0.612. The van der Waals surface area contributed by atoms with Crippen LogP contribution in [-0.4, -0.2) is 19.0 Å². The van der Waals surface area contributed by atoms with Crippen molar-refractivity contribution in [1.82, 2.24) is 0 Å². The molecule has 0 saturated heterocycles. The lowest BCUT2D eigenvalue weighted by Crippen LogP contribution is -2.32. The van der Waals surface area contributed by atoms with E-state index in [0.717, 1.165) is 0 Å².